The number of benzene rings is 1. The van der Waals surface area contributed by atoms with Crippen molar-refractivity contribution in [2.24, 2.45) is 0 Å². The number of ether oxygens (including phenoxy) is 2. The Bertz CT molecular complexity index is 611. The molecule has 0 aliphatic carbocycles. The Balaban J connectivity index is 1.88. The van der Waals surface area contributed by atoms with E-state index in [1.54, 1.807) is 25.4 Å². The first-order chi connectivity index (χ1) is 11.0. The van der Waals surface area contributed by atoms with E-state index >= 15 is 0 Å². The van der Waals surface area contributed by atoms with Gasteiger partial charge < -0.3 is 14.8 Å². The number of sulfonamides is 1. The van der Waals surface area contributed by atoms with Crippen molar-refractivity contribution in [3.05, 3.63) is 23.8 Å². The fourth-order valence-corrected chi connectivity index (χ4v) is 3.91. The van der Waals surface area contributed by atoms with Gasteiger partial charge in [0.15, 0.2) is 0 Å². The van der Waals surface area contributed by atoms with Gasteiger partial charge in [-0.1, -0.05) is 6.07 Å². The third kappa shape index (κ3) is 4.59. The Hall–Kier alpha value is -1.31. The molecule has 0 radical (unpaired) electrons. The van der Waals surface area contributed by atoms with E-state index in [1.165, 1.54) is 0 Å². The molecule has 0 aromatic heterocycles. The molecule has 0 amide bonds. The number of hydrogen-bond acceptors (Lipinski definition) is 5. The van der Waals surface area contributed by atoms with Crippen LogP contribution in [-0.2, 0) is 16.6 Å². The first kappa shape index (κ1) is 18.0. The zero-order valence-corrected chi connectivity index (χ0v) is 14.9. The lowest BCUT2D eigenvalue weighted by Crippen LogP contribution is -2.45. The maximum absolute atomic E-state index is 11.9. The highest BCUT2D eigenvalue weighted by Crippen LogP contribution is 2.25. The van der Waals surface area contributed by atoms with Crippen LogP contribution >= 0.6 is 0 Å². The minimum Gasteiger partial charge on any atom is -0.497 e. The predicted octanol–water partition coefficient (Wildman–Crippen LogP) is 1.61. The number of nitrogens with one attached hydrogen (secondary N) is 1. The number of piperidine rings is 1. The molecule has 1 aliphatic rings. The van der Waals surface area contributed by atoms with Crippen LogP contribution in [0.1, 0.15) is 25.3 Å². The normalized spacial score (nSPS) is 17.2. The van der Waals surface area contributed by atoms with Crippen molar-refractivity contribution in [3.8, 4) is 11.5 Å². The van der Waals surface area contributed by atoms with Crippen molar-refractivity contribution >= 4 is 10.0 Å². The summed E-state index contributed by atoms with van der Waals surface area (Å²) in [6, 6.07) is 6.09. The van der Waals surface area contributed by atoms with Crippen molar-refractivity contribution < 1.29 is 17.9 Å². The van der Waals surface area contributed by atoms with Crippen molar-refractivity contribution in [1.29, 1.82) is 0 Å². The molecule has 0 unspecified atom stereocenters. The van der Waals surface area contributed by atoms with Crippen molar-refractivity contribution in [3.63, 3.8) is 0 Å². The molecule has 2 rings (SSSR count). The molecule has 23 heavy (non-hydrogen) atoms. The molecule has 1 aromatic carbocycles. The third-order valence-electron chi connectivity index (χ3n) is 4.29. The number of hydrogen-bond donors (Lipinski definition) is 1. The van der Waals surface area contributed by atoms with E-state index in [0.29, 0.717) is 25.7 Å². The van der Waals surface area contributed by atoms with Gasteiger partial charge in [-0.2, -0.15) is 0 Å². The van der Waals surface area contributed by atoms with Gasteiger partial charge in [-0.25, -0.2) is 12.7 Å². The maximum Gasteiger partial charge on any atom is 0.213 e. The summed E-state index contributed by atoms with van der Waals surface area (Å²) < 4.78 is 35.9. The monoisotopic (exact) mass is 342 g/mol. The van der Waals surface area contributed by atoms with Crippen LogP contribution in [0.15, 0.2) is 18.2 Å². The molecule has 0 saturated carbocycles. The molecule has 0 atom stereocenters. The molecule has 7 heteroatoms. The molecule has 0 bridgehead atoms. The molecule has 6 nitrogen and oxygen atoms in total. The van der Waals surface area contributed by atoms with Crippen LogP contribution in [-0.4, -0.2) is 51.8 Å². The van der Waals surface area contributed by atoms with E-state index in [-0.39, 0.29) is 5.75 Å². The molecule has 1 N–H and O–H groups in total. The fraction of sp³-hybridized carbons (Fsp3) is 0.625. The van der Waals surface area contributed by atoms with Gasteiger partial charge in [-0.05, 0) is 25.8 Å². The Labute approximate surface area is 138 Å². The summed E-state index contributed by atoms with van der Waals surface area (Å²) in [5.74, 6) is 1.74. The van der Waals surface area contributed by atoms with E-state index in [1.807, 2.05) is 18.2 Å². The smallest absolute Gasteiger partial charge is 0.213 e. The number of methoxy groups -OCH3 is 2. The van der Waals surface area contributed by atoms with Gasteiger partial charge in [0.1, 0.15) is 11.5 Å². The maximum atomic E-state index is 11.9. The van der Waals surface area contributed by atoms with E-state index in [4.69, 9.17) is 9.47 Å². The van der Waals surface area contributed by atoms with Gasteiger partial charge >= 0.3 is 0 Å². The van der Waals surface area contributed by atoms with Crippen molar-refractivity contribution in [2.45, 2.75) is 32.4 Å². The molecule has 1 aliphatic heterocycles. The van der Waals surface area contributed by atoms with Gasteiger partial charge in [0.05, 0.1) is 20.0 Å². The summed E-state index contributed by atoms with van der Waals surface area (Å²) in [7, 11) is 0.217. The van der Waals surface area contributed by atoms with Crippen LogP contribution in [0.2, 0.25) is 0 Å². The van der Waals surface area contributed by atoms with E-state index in [2.05, 4.69) is 5.32 Å². The van der Waals surface area contributed by atoms with Gasteiger partial charge in [0, 0.05) is 37.3 Å². The summed E-state index contributed by atoms with van der Waals surface area (Å²) >= 11 is 0. The quantitative estimate of drug-likeness (QED) is 0.815. The highest BCUT2D eigenvalue weighted by molar-refractivity contribution is 7.89. The summed E-state index contributed by atoms with van der Waals surface area (Å²) in [4.78, 5) is 0. The van der Waals surface area contributed by atoms with Crippen molar-refractivity contribution in [1.82, 2.24) is 9.62 Å². The van der Waals surface area contributed by atoms with Gasteiger partial charge in [-0.3, -0.25) is 0 Å². The van der Waals surface area contributed by atoms with E-state index in [0.717, 1.165) is 29.9 Å². The Kier molecular flexibility index (Phi) is 6.26. The Morgan fingerprint density at radius 3 is 2.48 bits per heavy atom. The largest absolute Gasteiger partial charge is 0.497 e. The minimum absolute atomic E-state index is 0.175. The van der Waals surface area contributed by atoms with Gasteiger partial charge in [-0.15, -0.1) is 0 Å². The molecule has 0 spiro atoms. The average Bonchev–Trinajstić information content (AvgIpc) is 2.60. The molecule has 1 saturated heterocycles. The first-order valence-corrected chi connectivity index (χ1v) is 9.53. The molecular formula is C16H26N2O4S. The lowest BCUT2D eigenvalue weighted by molar-refractivity contribution is 0.288. The SMILES string of the molecule is CCS(=O)(=O)N1CCC(NCc2ccc(OC)cc2OC)CC1. The van der Waals surface area contributed by atoms with Crippen LogP contribution in [0.4, 0.5) is 0 Å². The highest BCUT2D eigenvalue weighted by atomic mass is 32.2. The second kappa shape index (κ2) is 7.99. The van der Waals surface area contributed by atoms with Crippen LogP contribution in [0.25, 0.3) is 0 Å². The van der Waals surface area contributed by atoms with Crippen molar-refractivity contribution in [2.75, 3.05) is 33.1 Å². The zero-order chi connectivity index (χ0) is 16.9. The van der Waals surface area contributed by atoms with E-state index < -0.39 is 10.0 Å². The topological polar surface area (TPSA) is 67.9 Å². The first-order valence-electron chi connectivity index (χ1n) is 7.92. The van der Waals surface area contributed by atoms with Gasteiger partial charge in [0.2, 0.25) is 10.0 Å². The summed E-state index contributed by atoms with van der Waals surface area (Å²) in [6.07, 6.45) is 1.66. The lowest BCUT2D eigenvalue weighted by atomic mass is 10.1. The second-order valence-corrected chi connectivity index (χ2v) is 7.89. The number of nitrogens with zero attached hydrogens (tertiary/aromatic N) is 1. The number of rotatable bonds is 7. The Morgan fingerprint density at radius 1 is 1.22 bits per heavy atom. The zero-order valence-electron chi connectivity index (χ0n) is 14.0. The highest BCUT2D eigenvalue weighted by Gasteiger charge is 2.26. The fourth-order valence-electron chi connectivity index (χ4n) is 2.77. The van der Waals surface area contributed by atoms with Gasteiger partial charge in [0.25, 0.3) is 0 Å². The summed E-state index contributed by atoms with van der Waals surface area (Å²) in [5.41, 5.74) is 1.07. The molecule has 130 valence electrons. The molecular weight excluding hydrogens is 316 g/mol. The van der Waals surface area contributed by atoms with Crippen LogP contribution < -0.4 is 14.8 Å². The third-order valence-corrected chi connectivity index (χ3v) is 6.17. The van der Waals surface area contributed by atoms with Crippen LogP contribution in [0.5, 0.6) is 11.5 Å². The van der Waals surface area contributed by atoms with Crippen LogP contribution in [0.3, 0.4) is 0 Å². The minimum atomic E-state index is -3.06. The average molecular weight is 342 g/mol. The molecule has 1 fully saturated rings. The van der Waals surface area contributed by atoms with Crippen LogP contribution in [0, 0.1) is 0 Å². The molecule has 1 aromatic rings. The molecule has 1 heterocycles. The second-order valence-electron chi connectivity index (χ2n) is 5.63. The summed E-state index contributed by atoms with van der Waals surface area (Å²) in [5, 5.41) is 3.50. The van der Waals surface area contributed by atoms with E-state index in [9.17, 15) is 8.42 Å². The lowest BCUT2D eigenvalue weighted by Gasteiger charge is -2.31. The Morgan fingerprint density at radius 2 is 1.91 bits per heavy atom. The summed E-state index contributed by atoms with van der Waals surface area (Å²) in [6.45, 7) is 3.56. The predicted molar refractivity (Wildman–Crippen MR) is 90.4 cm³/mol. The standard InChI is InChI=1S/C16H26N2O4S/c1-4-23(19,20)18-9-7-14(8-10-18)17-12-13-5-6-15(21-2)11-16(13)22-3/h5-6,11,14,17H,4,7-10,12H2,1-3H3.